The van der Waals surface area contributed by atoms with Crippen LogP contribution in [0.2, 0.25) is 0 Å². The highest BCUT2D eigenvalue weighted by molar-refractivity contribution is 5.97. The first-order valence-electron chi connectivity index (χ1n) is 6.23. The molecule has 0 aliphatic carbocycles. The van der Waals surface area contributed by atoms with E-state index in [0.717, 1.165) is 11.1 Å². The van der Waals surface area contributed by atoms with Gasteiger partial charge in [0.15, 0.2) is 5.84 Å². The predicted molar refractivity (Wildman–Crippen MR) is 82.1 cm³/mol. The predicted octanol–water partition coefficient (Wildman–Crippen LogP) is 1.84. The van der Waals surface area contributed by atoms with Crippen LogP contribution in [0.5, 0.6) is 11.5 Å². The molecule has 6 heteroatoms. The molecule has 1 heterocycles. The van der Waals surface area contributed by atoms with Gasteiger partial charge >= 0.3 is 0 Å². The number of hydrogen-bond donors (Lipinski definition) is 1. The lowest BCUT2D eigenvalue weighted by Gasteiger charge is -2.06. The molecule has 0 saturated heterocycles. The van der Waals surface area contributed by atoms with Gasteiger partial charge in [-0.3, -0.25) is 4.98 Å². The molecule has 0 fully saturated rings. The zero-order chi connectivity index (χ0) is 15.1. The largest absolute Gasteiger partial charge is 0.497 e. The fourth-order valence-electron chi connectivity index (χ4n) is 1.67. The Balaban J connectivity index is 2.21. The van der Waals surface area contributed by atoms with Crippen LogP contribution in [0.15, 0.2) is 52.9 Å². The Bertz CT molecular complexity index is 654. The lowest BCUT2D eigenvalue weighted by atomic mass is 10.2. The molecular weight excluding hydrogens is 268 g/mol. The number of ether oxygens (including phenoxy) is 2. The Morgan fingerprint density at radius 3 is 2.57 bits per heavy atom. The molecule has 0 spiro atoms. The topological polar surface area (TPSA) is 82.1 Å². The molecule has 1 aromatic heterocycles. The maximum atomic E-state index is 5.84. The van der Waals surface area contributed by atoms with Crippen molar-refractivity contribution in [1.82, 2.24) is 4.98 Å². The number of aromatic nitrogens is 1. The molecule has 0 saturated carbocycles. The summed E-state index contributed by atoms with van der Waals surface area (Å²) in [6.45, 7) is 0. The van der Waals surface area contributed by atoms with Crippen molar-refractivity contribution in [3.8, 4) is 11.5 Å². The van der Waals surface area contributed by atoms with Gasteiger partial charge in [0, 0.05) is 23.5 Å². The molecule has 2 aromatic rings. The highest BCUT2D eigenvalue weighted by atomic mass is 16.5. The van der Waals surface area contributed by atoms with Crippen molar-refractivity contribution in [2.24, 2.45) is 15.9 Å². The lowest BCUT2D eigenvalue weighted by Crippen LogP contribution is -2.12. The minimum atomic E-state index is 0.315. The van der Waals surface area contributed by atoms with Gasteiger partial charge in [0.05, 0.1) is 20.4 Å². The van der Waals surface area contributed by atoms with Crippen LogP contribution < -0.4 is 15.2 Å². The van der Waals surface area contributed by atoms with Crippen LogP contribution in [0.3, 0.4) is 0 Å². The van der Waals surface area contributed by atoms with Crippen molar-refractivity contribution in [3.05, 3.63) is 53.9 Å². The van der Waals surface area contributed by atoms with Gasteiger partial charge in [0.2, 0.25) is 0 Å². The highest BCUT2D eigenvalue weighted by Crippen LogP contribution is 2.22. The third-order valence-electron chi connectivity index (χ3n) is 2.78. The van der Waals surface area contributed by atoms with Gasteiger partial charge in [-0.05, 0) is 30.3 Å². The van der Waals surface area contributed by atoms with Gasteiger partial charge in [0.25, 0.3) is 0 Å². The molecule has 2 N–H and O–H groups in total. The fourth-order valence-corrected chi connectivity index (χ4v) is 1.67. The quantitative estimate of drug-likeness (QED) is 0.516. The second-order valence-corrected chi connectivity index (χ2v) is 4.07. The number of amidine groups is 1. The van der Waals surface area contributed by atoms with Gasteiger partial charge < -0.3 is 15.2 Å². The SMILES string of the molecule is COc1ccc(OC)c(/C=N/N=C(\N)c2ccncc2)c1. The van der Waals surface area contributed by atoms with Gasteiger partial charge in [-0.15, -0.1) is 5.10 Å². The van der Waals surface area contributed by atoms with Crippen molar-refractivity contribution in [2.45, 2.75) is 0 Å². The maximum Gasteiger partial charge on any atom is 0.153 e. The van der Waals surface area contributed by atoms with E-state index in [1.54, 1.807) is 57.1 Å². The lowest BCUT2D eigenvalue weighted by molar-refractivity contribution is 0.402. The zero-order valence-electron chi connectivity index (χ0n) is 11.9. The molecule has 0 aliphatic rings. The van der Waals surface area contributed by atoms with E-state index in [4.69, 9.17) is 15.2 Å². The van der Waals surface area contributed by atoms with Crippen LogP contribution in [-0.2, 0) is 0 Å². The van der Waals surface area contributed by atoms with Crippen molar-refractivity contribution in [1.29, 1.82) is 0 Å². The molecule has 2 rings (SSSR count). The average molecular weight is 284 g/mol. The fraction of sp³-hybridized carbons (Fsp3) is 0.133. The van der Waals surface area contributed by atoms with Gasteiger partial charge in [-0.2, -0.15) is 5.10 Å². The molecule has 0 aliphatic heterocycles. The number of methoxy groups -OCH3 is 2. The number of benzene rings is 1. The molecule has 108 valence electrons. The first-order chi connectivity index (χ1) is 10.2. The van der Waals surface area contributed by atoms with Crippen LogP contribution >= 0.6 is 0 Å². The van der Waals surface area contributed by atoms with Crippen molar-refractivity contribution in [3.63, 3.8) is 0 Å². The second kappa shape index (κ2) is 7.04. The summed E-state index contributed by atoms with van der Waals surface area (Å²) in [6.07, 6.45) is 4.86. The summed E-state index contributed by atoms with van der Waals surface area (Å²) in [5, 5.41) is 7.94. The van der Waals surface area contributed by atoms with Crippen molar-refractivity contribution >= 4 is 12.1 Å². The molecule has 0 bridgehead atoms. The summed E-state index contributed by atoms with van der Waals surface area (Å²) in [7, 11) is 3.19. The summed E-state index contributed by atoms with van der Waals surface area (Å²) >= 11 is 0. The van der Waals surface area contributed by atoms with E-state index in [0.29, 0.717) is 17.3 Å². The van der Waals surface area contributed by atoms with E-state index < -0.39 is 0 Å². The molecule has 21 heavy (non-hydrogen) atoms. The van der Waals surface area contributed by atoms with Crippen LogP contribution in [0.4, 0.5) is 0 Å². The normalized spacial score (nSPS) is 11.6. The van der Waals surface area contributed by atoms with Crippen molar-refractivity contribution < 1.29 is 9.47 Å². The zero-order valence-corrected chi connectivity index (χ0v) is 11.9. The van der Waals surface area contributed by atoms with Crippen LogP contribution in [0.1, 0.15) is 11.1 Å². The van der Waals surface area contributed by atoms with E-state index in [1.165, 1.54) is 0 Å². The molecule has 0 unspecified atom stereocenters. The van der Waals surface area contributed by atoms with Gasteiger partial charge in [-0.1, -0.05) is 0 Å². The van der Waals surface area contributed by atoms with Crippen LogP contribution in [0.25, 0.3) is 0 Å². The Hall–Kier alpha value is -2.89. The molecule has 0 atom stereocenters. The Morgan fingerprint density at radius 1 is 1.14 bits per heavy atom. The summed E-state index contributed by atoms with van der Waals surface area (Å²) < 4.78 is 10.4. The Labute approximate surface area is 122 Å². The van der Waals surface area contributed by atoms with E-state index in [9.17, 15) is 0 Å². The molecule has 6 nitrogen and oxygen atoms in total. The minimum Gasteiger partial charge on any atom is -0.497 e. The standard InChI is InChI=1S/C15H16N4O2/c1-20-13-3-4-14(21-2)12(9-13)10-18-19-15(16)11-5-7-17-8-6-11/h3-10H,1-2H3,(H2,16,19)/b18-10+. The molecule has 0 radical (unpaired) electrons. The second-order valence-electron chi connectivity index (χ2n) is 4.07. The first-order valence-corrected chi connectivity index (χ1v) is 6.23. The maximum absolute atomic E-state index is 5.84. The third kappa shape index (κ3) is 3.79. The molecule has 0 amide bonds. The summed E-state index contributed by atoms with van der Waals surface area (Å²) in [5.41, 5.74) is 7.35. The monoisotopic (exact) mass is 284 g/mol. The van der Waals surface area contributed by atoms with Crippen LogP contribution in [0, 0.1) is 0 Å². The van der Waals surface area contributed by atoms with Gasteiger partial charge in [-0.25, -0.2) is 0 Å². The Kier molecular flexibility index (Phi) is 4.87. The number of hydrogen-bond acceptors (Lipinski definition) is 5. The Morgan fingerprint density at radius 2 is 1.90 bits per heavy atom. The van der Waals surface area contributed by atoms with E-state index >= 15 is 0 Å². The van der Waals surface area contributed by atoms with E-state index in [1.807, 2.05) is 6.07 Å². The number of pyridine rings is 1. The number of nitrogens with zero attached hydrogens (tertiary/aromatic N) is 3. The van der Waals surface area contributed by atoms with E-state index in [2.05, 4.69) is 15.2 Å². The number of rotatable bonds is 5. The summed E-state index contributed by atoms with van der Waals surface area (Å²) in [4.78, 5) is 3.92. The minimum absolute atomic E-state index is 0.315. The summed E-state index contributed by atoms with van der Waals surface area (Å²) in [5.74, 6) is 1.70. The molecule has 1 aromatic carbocycles. The third-order valence-corrected chi connectivity index (χ3v) is 2.78. The molecular formula is C15H16N4O2. The number of nitrogens with two attached hydrogens (primary N) is 1. The van der Waals surface area contributed by atoms with Crippen LogP contribution in [-0.4, -0.2) is 31.3 Å². The average Bonchev–Trinajstić information content (AvgIpc) is 2.55. The van der Waals surface area contributed by atoms with Crippen molar-refractivity contribution in [2.75, 3.05) is 14.2 Å². The van der Waals surface area contributed by atoms with E-state index in [-0.39, 0.29) is 0 Å². The highest BCUT2D eigenvalue weighted by Gasteiger charge is 2.02. The summed E-state index contributed by atoms with van der Waals surface area (Å²) in [6, 6.07) is 8.95. The smallest absolute Gasteiger partial charge is 0.153 e. The van der Waals surface area contributed by atoms with Gasteiger partial charge in [0.1, 0.15) is 11.5 Å². The first kappa shape index (κ1) is 14.5.